The third-order valence-corrected chi connectivity index (χ3v) is 3.92. The Kier molecular flexibility index (Phi) is 5.79. The second-order valence-corrected chi connectivity index (χ2v) is 5.95. The van der Waals surface area contributed by atoms with Crippen molar-refractivity contribution in [2.75, 3.05) is 5.32 Å². The van der Waals surface area contributed by atoms with Crippen LogP contribution in [0.15, 0.2) is 84.0 Å². The lowest BCUT2D eigenvalue weighted by Gasteiger charge is -2.08. The molecule has 0 aromatic heterocycles. The molecule has 0 saturated carbocycles. The van der Waals surface area contributed by atoms with Crippen LogP contribution >= 0.6 is 0 Å². The molecule has 27 heavy (non-hydrogen) atoms. The summed E-state index contributed by atoms with van der Waals surface area (Å²) in [6.45, 7) is 2.37. The fraction of sp³-hybridized carbons (Fsp3) is 0.0952. The summed E-state index contributed by atoms with van der Waals surface area (Å²) in [7, 11) is 0. The number of nitrogens with zero attached hydrogens (tertiary/aromatic N) is 2. The highest BCUT2D eigenvalue weighted by atomic mass is 16.6. The molecule has 0 aliphatic heterocycles. The highest BCUT2D eigenvalue weighted by Crippen LogP contribution is 2.26. The minimum Gasteiger partial charge on any atom is -0.381 e. The van der Waals surface area contributed by atoms with Gasteiger partial charge in [-0.1, -0.05) is 65.8 Å². The Morgan fingerprint density at radius 2 is 1.70 bits per heavy atom. The molecule has 136 valence electrons. The normalized spacial score (nSPS) is 11.1. The quantitative estimate of drug-likeness (QED) is 0.364. The number of rotatable bonds is 7. The van der Waals surface area contributed by atoms with Crippen molar-refractivity contribution in [3.8, 4) is 5.75 Å². The molecule has 0 aliphatic carbocycles. The van der Waals surface area contributed by atoms with Crippen LogP contribution < -0.4 is 10.2 Å². The number of nitro benzene ring substituents is 1. The van der Waals surface area contributed by atoms with Crippen LogP contribution in [0.5, 0.6) is 5.75 Å². The molecule has 0 fully saturated rings. The van der Waals surface area contributed by atoms with Crippen LogP contribution in [0.25, 0.3) is 0 Å². The summed E-state index contributed by atoms with van der Waals surface area (Å²) in [5.74, 6) is 0.301. The molecule has 0 unspecified atom stereocenters. The van der Waals surface area contributed by atoms with Gasteiger partial charge in [-0.3, -0.25) is 10.1 Å². The SMILES string of the molecule is C/C(=N/Oc1cc(NCc2ccccc2)cc([N+](=O)[O-])c1)c1ccccc1. The van der Waals surface area contributed by atoms with E-state index in [1.807, 2.05) is 67.6 Å². The van der Waals surface area contributed by atoms with Gasteiger partial charge < -0.3 is 10.2 Å². The Morgan fingerprint density at radius 1 is 1.04 bits per heavy atom. The summed E-state index contributed by atoms with van der Waals surface area (Å²) >= 11 is 0. The van der Waals surface area contributed by atoms with Gasteiger partial charge in [0.1, 0.15) is 0 Å². The summed E-state index contributed by atoms with van der Waals surface area (Å²) in [4.78, 5) is 16.2. The van der Waals surface area contributed by atoms with E-state index in [2.05, 4.69) is 10.5 Å². The Balaban J connectivity index is 1.78. The van der Waals surface area contributed by atoms with Gasteiger partial charge in [0.2, 0.25) is 0 Å². The molecule has 0 atom stereocenters. The highest BCUT2D eigenvalue weighted by Gasteiger charge is 2.11. The fourth-order valence-corrected chi connectivity index (χ4v) is 2.50. The zero-order valence-corrected chi connectivity index (χ0v) is 14.8. The first kappa shape index (κ1) is 18.1. The lowest BCUT2D eigenvalue weighted by Crippen LogP contribution is -2.01. The lowest BCUT2D eigenvalue weighted by atomic mass is 10.1. The first-order valence-corrected chi connectivity index (χ1v) is 8.46. The van der Waals surface area contributed by atoms with Crippen molar-refractivity contribution in [3.63, 3.8) is 0 Å². The smallest absolute Gasteiger partial charge is 0.275 e. The van der Waals surface area contributed by atoms with Crippen molar-refractivity contribution in [1.82, 2.24) is 0 Å². The monoisotopic (exact) mass is 361 g/mol. The van der Waals surface area contributed by atoms with E-state index in [0.717, 1.165) is 11.1 Å². The maximum absolute atomic E-state index is 11.2. The van der Waals surface area contributed by atoms with E-state index >= 15 is 0 Å². The average Bonchev–Trinajstić information content (AvgIpc) is 2.71. The number of non-ortho nitro benzene ring substituents is 1. The Labute approximate surface area is 157 Å². The fourth-order valence-electron chi connectivity index (χ4n) is 2.50. The number of nitro groups is 1. The molecule has 0 bridgehead atoms. The molecule has 1 N–H and O–H groups in total. The maximum Gasteiger partial charge on any atom is 0.275 e. The van der Waals surface area contributed by atoms with E-state index in [1.165, 1.54) is 12.1 Å². The van der Waals surface area contributed by atoms with E-state index in [0.29, 0.717) is 23.7 Å². The third kappa shape index (κ3) is 5.15. The van der Waals surface area contributed by atoms with E-state index in [4.69, 9.17) is 4.84 Å². The van der Waals surface area contributed by atoms with Crippen LogP contribution in [0.3, 0.4) is 0 Å². The van der Waals surface area contributed by atoms with Crippen LogP contribution in [0.2, 0.25) is 0 Å². The van der Waals surface area contributed by atoms with Gasteiger partial charge in [0.15, 0.2) is 5.75 Å². The van der Waals surface area contributed by atoms with Gasteiger partial charge in [-0.15, -0.1) is 0 Å². The summed E-state index contributed by atoms with van der Waals surface area (Å²) < 4.78 is 0. The maximum atomic E-state index is 11.2. The molecule has 3 aromatic rings. The van der Waals surface area contributed by atoms with Crippen molar-refractivity contribution in [2.24, 2.45) is 5.16 Å². The molecule has 0 heterocycles. The van der Waals surface area contributed by atoms with Crippen LogP contribution in [-0.2, 0) is 6.54 Å². The van der Waals surface area contributed by atoms with Crippen molar-refractivity contribution in [2.45, 2.75) is 13.5 Å². The van der Waals surface area contributed by atoms with Gasteiger partial charge in [-0.05, 0) is 18.1 Å². The molecule has 3 aromatic carbocycles. The molecule has 3 rings (SSSR count). The standard InChI is InChI=1S/C21H19N3O3/c1-16(18-10-6-3-7-11-18)23-27-21-13-19(12-20(14-21)24(25)26)22-15-17-8-4-2-5-9-17/h2-14,22H,15H2,1H3/b23-16-. The highest BCUT2D eigenvalue weighted by molar-refractivity contribution is 5.98. The van der Waals surface area contributed by atoms with Crippen molar-refractivity contribution >= 4 is 17.1 Å². The lowest BCUT2D eigenvalue weighted by molar-refractivity contribution is -0.384. The Bertz CT molecular complexity index is 941. The van der Waals surface area contributed by atoms with E-state index < -0.39 is 4.92 Å². The molecule has 0 amide bonds. The molecule has 6 heteroatoms. The number of hydrogen-bond donors (Lipinski definition) is 1. The molecule has 0 spiro atoms. The van der Waals surface area contributed by atoms with Crippen LogP contribution in [0.4, 0.5) is 11.4 Å². The van der Waals surface area contributed by atoms with Gasteiger partial charge in [0, 0.05) is 24.4 Å². The first-order chi connectivity index (χ1) is 13.1. The zero-order valence-electron chi connectivity index (χ0n) is 14.8. The van der Waals surface area contributed by atoms with Gasteiger partial charge >= 0.3 is 0 Å². The Morgan fingerprint density at radius 3 is 2.37 bits per heavy atom. The van der Waals surface area contributed by atoms with Crippen molar-refractivity contribution in [1.29, 1.82) is 0 Å². The number of benzene rings is 3. The number of hydrogen-bond acceptors (Lipinski definition) is 5. The molecular weight excluding hydrogens is 342 g/mol. The Hall–Kier alpha value is -3.67. The molecule has 0 radical (unpaired) electrons. The summed E-state index contributed by atoms with van der Waals surface area (Å²) in [5, 5.41) is 18.5. The first-order valence-electron chi connectivity index (χ1n) is 8.46. The molecule has 6 nitrogen and oxygen atoms in total. The minimum atomic E-state index is -0.450. The van der Waals surface area contributed by atoms with E-state index in [9.17, 15) is 10.1 Å². The van der Waals surface area contributed by atoms with E-state index in [-0.39, 0.29) is 5.69 Å². The van der Waals surface area contributed by atoms with Gasteiger partial charge in [0.05, 0.1) is 16.7 Å². The number of anilines is 1. The van der Waals surface area contributed by atoms with Crippen molar-refractivity contribution < 1.29 is 9.76 Å². The summed E-state index contributed by atoms with van der Waals surface area (Å²) in [6.07, 6.45) is 0. The summed E-state index contributed by atoms with van der Waals surface area (Å²) in [6, 6.07) is 23.9. The second-order valence-electron chi connectivity index (χ2n) is 5.95. The van der Waals surface area contributed by atoms with Crippen LogP contribution in [0.1, 0.15) is 18.1 Å². The molecular formula is C21H19N3O3. The van der Waals surface area contributed by atoms with E-state index in [1.54, 1.807) is 6.07 Å². The second kappa shape index (κ2) is 8.62. The van der Waals surface area contributed by atoms with Gasteiger partial charge in [0.25, 0.3) is 5.69 Å². The third-order valence-electron chi connectivity index (χ3n) is 3.92. The largest absolute Gasteiger partial charge is 0.381 e. The van der Waals surface area contributed by atoms with Gasteiger partial charge in [-0.25, -0.2) is 0 Å². The average molecular weight is 361 g/mol. The molecule has 0 aliphatic rings. The predicted octanol–water partition coefficient (Wildman–Crippen LogP) is 5.01. The predicted molar refractivity (Wildman–Crippen MR) is 106 cm³/mol. The van der Waals surface area contributed by atoms with Crippen LogP contribution in [0, 0.1) is 10.1 Å². The number of oxime groups is 1. The zero-order chi connectivity index (χ0) is 19.1. The van der Waals surface area contributed by atoms with Crippen molar-refractivity contribution in [3.05, 3.63) is 100 Å². The number of nitrogens with one attached hydrogen (secondary N) is 1. The topological polar surface area (TPSA) is 76.8 Å². The summed E-state index contributed by atoms with van der Waals surface area (Å²) in [5.41, 5.74) is 3.21. The minimum absolute atomic E-state index is 0.0596. The van der Waals surface area contributed by atoms with Crippen LogP contribution in [-0.4, -0.2) is 10.6 Å². The molecule has 0 saturated heterocycles. The van der Waals surface area contributed by atoms with Gasteiger partial charge in [-0.2, -0.15) is 0 Å².